The predicted molar refractivity (Wildman–Crippen MR) is 483 cm³/mol. The van der Waals surface area contributed by atoms with Gasteiger partial charge in [0, 0.05) is 77.8 Å². The summed E-state index contributed by atoms with van der Waals surface area (Å²) >= 11 is 6.13. The van der Waals surface area contributed by atoms with Crippen molar-refractivity contribution >= 4 is 44.4 Å². The number of rotatable bonds is 10. The summed E-state index contributed by atoms with van der Waals surface area (Å²) in [7, 11) is -1.34. The second-order valence-corrected chi connectivity index (χ2v) is 26.2. The maximum absolute atomic E-state index is 8.58. The van der Waals surface area contributed by atoms with Crippen molar-refractivity contribution in [2.75, 3.05) is 0 Å². The van der Waals surface area contributed by atoms with Gasteiger partial charge in [-0.2, -0.15) is 0 Å². The van der Waals surface area contributed by atoms with E-state index in [4.69, 9.17) is 34.7 Å². The van der Waals surface area contributed by atoms with Gasteiger partial charge < -0.3 is 40.0 Å². The van der Waals surface area contributed by atoms with Crippen molar-refractivity contribution in [3.05, 3.63) is 425 Å². The maximum atomic E-state index is 8.58. The van der Waals surface area contributed by atoms with Gasteiger partial charge in [0.1, 0.15) is 0 Å². The Bertz CT molecular complexity index is 6060. The summed E-state index contributed by atoms with van der Waals surface area (Å²) in [6, 6.07) is 106. The molecule has 0 atom stereocenters. The monoisotopic (exact) mass is 2020 g/mol. The Labute approximate surface area is 757 Å². The third-order valence-electron chi connectivity index (χ3n) is 16.4. The Balaban J connectivity index is 0.000000241. The molecule has 0 unspecified atom stereocenters. The third-order valence-corrected chi connectivity index (χ3v) is 17.3. The average molecular weight is 2020 g/mol. The van der Waals surface area contributed by atoms with Gasteiger partial charge in [0.05, 0.1) is 0 Å². The molecule has 580 valence electrons. The van der Waals surface area contributed by atoms with Crippen LogP contribution in [0.3, 0.4) is 0 Å². The Hall–Kier alpha value is -11.1. The molecule has 0 saturated carbocycles. The zero-order valence-corrected chi connectivity index (χ0v) is 70.8. The second-order valence-electron chi connectivity index (χ2n) is 24.9. The van der Waals surface area contributed by atoms with Gasteiger partial charge in [0.2, 0.25) is 0 Å². The van der Waals surface area contributed by atoms with Crippen LogP contribution in [0.2, 0.25) is 0 Å². The van der Waals surface area contributed by atoms with Gasteiger partial charge in [-0.1, -0.05) is 242 Å². The van der Waals surface area contributed by atoms with Gasteiger partial charge in [0.15, 0.2) is 0 Å². The largest absolute Gasteiger partial charge is 3.00 e. The third kappa shape index (κ3) is 30.6. The number of aryl methyl sites for hydroxylation is 10. The van der Waals surface area contributed by atoms with Crippen LogP contribution in [0.25, 0.3) is 101 Å². The first-order valence-corrected chi connectivity index (χ1v) is 36.8. The molecule has 0 radical (unpaired) electrons. The van der Waals surface area contributed by atoms with Gasteiger partial charge >= 0.3 is 47.3 Å². The molecule has 0 aliphatic heterocycles. The van der Waals surface area contributed by atoms with E-state index in [1.807, 2.05) is 198 Å². The molecule has 0 bridgehead atoms. The molecule has 116 heavy (non-hydrogen) atoms. The van der Waals surface area contributed by atoms with E-state index in [2.05, 4.69) is 122 Å². The Kier molecular flexibility index (Phi) is 29.6. The summed E-state index contributed by atoms with van der Waals surface area (Å²) in [6.07, 6.45) is 14.4. The molecular formula is C103H91BBr2Ir2N6O2. The van der Waals surface area contributed by atoms with E-state index >= 15 is 0 Å². The van der Waals surface area contributed by atoms with Crippen LogP contribution in [0.4, 0.5) is 0 Å². The van der Waals surface area contributed by atoms with Crippen LogP contribution >= 0.6 is 31.9 Å². The van der Waals surface area contributed by atoms with Crippen LogP contribution in [0.15, 0.2) is 333 Å². The van der Waals surface area contributed by atoms with Crippen molar-refractivity contribution in [3.8, 4) is 112 Å². The summed E-state index contributed by atoms with van der Waals surface area (Å²) in [4.78, 5) is 27.8. The van der Waals surface area contributed by atoms with Crippen LogP contribution in [0, 0.1) is 116 Å². The molecule has 6 aromatic heterocycles. The minimum atomic E-state index is -2.13. The van der Waals surface area contributed by atoms with E-state index in [9.17, 15) is 0 Å². The van der Waals surface area contributed by atoms with Gasteiger partial charge in [0.25, 0.3) is 0 Å². The zero-order chi connectivity index (χ0) is 95.3. The molecule has 0 saturated heterocycles. The Morgan fingerprint density at radius 1 is 0.336 bits per heavy atom. The van der Waals surface area contributed by atoms with Crippen molar-refractivity contribution in [1.29, 1.82) is 0 Å². The first-order valence-electron chi connectivity index (χ1n) is 44.2. The van der Waals surface area contributed by atoms with Gasteiger partial charge in [-0.3, -0.25) is 0 Å². The minimum absolute atomic E-state index is 0. The molecule has 16 rings (SSSR count). The van der Waals surface area contributed by atoms with E-state index in [0.29, 0.717) is 33.4 Å². The molecular weight excluding hydrogens is 1910 g/mol. The number of halogens is 2. The van der Waals surface area contributed by atoms with Crippen LogP contribution < -0.4 is 5.46 Å². The summed E-state index contributed by atoms with van der Waals surface area (Å²) in [5, 5.41) is 17.2. The summed E-state index contributed by atoms with van der Waals surface area (Å²) in [6.45, 7) is -4.55. The van der Waals surface area contributed by atoms with Gasteiger partial charge in [-0.15, -0.1) is 208 Å². The number of terminal acetylenes is 1. The number of aromatic nitrogens is 6. The van der Waals surface area contributed by atoms with Crippen LogP contribution in [-0.4, -0.2) is 47.1 Å². The number of nitrogens with zero attached hydrogens (tertiary/aromatic N) is 6. The van der Waals surface area contributed by atoms with E-state index in [1.54, 1.807) is 122 Å². The fraction of sp³-hybridized carbons (Fsp3) is 0.107. The molecule has 0 spiro atoms. The van der Waals surface area contributed by atoms with E-state index in [1.165, 1.54) is 24.5 Å². The quantitative estimate of drug-likeness (QED) is 0.0790. The Morgan fingerprint density at radius 2 is 0.690 bits per heavy atom. The SMILES string of the molecule is C.C#CBr.OB(O)c1ccccc1.[2H]C([2H])([2H])c1c[c-]c(-c2ccc(C)cn2)cc1.[2H]C([2H])([2H])c1c[c-]c(-c2ccc(C)cn2)cc1.[2H]C([2H])([2H])c1ccc(-c2[c-]cc(C)c(-c3ccccc3)c2)nc1.[2H]C([2H])([2H])c1ccc(-c2[c-]cc(C)c(Br)c2)nc1.[2H]C([2H])([2H])c1ccc(-c2ccnc(-c3[c-]cccc3)c2)cc1.[2H]C([2H])([2H])c1ccc(-c2ccnc(-c3[c-]cccc3)c2)cc1.[Ir+3].[Ir+3]. The maximum Gasteiger partial charge on any atom is 3.00 e. The van der Waals surface area contributed by atoms with Gasteiger partial charge in [-0.25, -0.2) is 0 Å². The average Bonchev–Trinajstić information content (AvgIpc) is 0.845. The molecule has 0 fully saturated rings. The molecule has 0 amide bonds. The molecule has 10 aromatic carbocycles. The first kappa shape index (κ1) is 69.2. The fourth-order valence-corrected chi connectivity index (χ4v) is 10.8. The standard InChI is InChI=1S/C19H16N.2C18H14N.C13H11BrN.2C13H12N.C6H7BO2.C2HBr.CH4.2Ir/c1-14-8-11-19(20-13-14)17-10-9-15(2)18(12-17)16-6-4-3-5-7-16;2*1-14-7-9-15(10-8-14)17-11-12-19-18(13-17)16-5-3-2-4-6-16;1-9-3-6-13(15-8-9)11-5-4-10(2)12(14)7-11;2*1-10-3-6-12(7-4-10)13-8-5-11(2)9-14-13;8-7(9)6-4-2-1-3-5-6;1-2-3;;;/h3-9,11-13H,1-2H3;2*2-5,7-13H,1H3;3-4,6-8H,1-2H3;2*3-6,8-9H,1-2H3;1-5,8-9H;1H;1H4;;/q6*-1;;;;2*+3/i6*1D3;;;;;. The number of pyridine rings is 6. The molecule has 0 aliphatic rings. The zero-order valence-electron chi connectivity index (χ0n) is 80.8. The van der Waals surface area contributed by atoms with E-state index in [0.717, 1.165) is 122 Å². The Morgan fingerprint density at radius 3 is 1.04 bits per heavy atom. The van der Waals surface area contributed by atoms with E-state index in [-0.39, 0.29) is 58.8 Å². The molecule has 6 heterocycles. The molecule has 8 nitrogen and oxygen atoms in total. The smallest absolute Gasteiger partial charge is 0.423 e. The van der Waals surface area contributed by atoms with Crippen LogP contribution in [0.1, 0.15) is 87.7 Å². The summed E-state index contributed by atoms with van der Waals surface area (Å²) in [5.74, 6) is 0. The van der Waals surface area contributed by atoms with E-state index < -0.39 is 48.2 Å². The van der Waals surface area contributed by atoms with Crippen molar-refractivity contribution in [2.24, 2.45) is 0 Å². The molecule has 2 N–H and O–H groups in total. The van der Waals surface area contributed by atoms with Crippen LogP contribution in [0.5, 0.6) is 0 Å². The van der Waals surface area contributed by atoms with Crippen molar-refractivity contribution in [3.63, 3.8) is 0 Å². The minimum Gasteiger partial charge on any atom is -0.423 e. The van der Waals surface area contributed by atoms with Crippen molar-refractivity contribution in [2.45, 2.75) is 76.2 Å². The van der Waals surface area contributed by atoms with Crippen LogP contribution in [-0.2, 0) is 40.2 Å². The first-order chi connectivity index (χ1) is 62.0. The second kappa shape index (κ2) is 49.6. The number of benzene rings is 10. The number of hydrogen-bond donors (Lipinski definition) is 2. The van der Waals surface area contributed by atoms with Crippen molar-refractivity contribution < 1.29 is 74.9 Å². The molecule has 13 heteroatoms. The molecule has 0 aliphatic carbocycles. The van der Waals surface area contributed by atoms with Crippen molar-refractivity contribution in [1.82, 2.24) is 29.9 Å². The molecule has 16 aromatic rings. The van der Waals surface area contributed by atoms with Gasteiger partial charge in [-0.05, 0) is 148 Å². The normalized spacial score (nSPS) is 12.7. The number of hydrogen-bond acceptors (Lipinski definition) is 8. The summed E-state index contributed by atoms with van der Waals surface area (Å²) in [5.41, 5.74) is 22.8. The summed E-state index contributed by atoms with van der Waals surface area (Å²) < 4.78 is 133. The predicted octanol–water partition coefficient (Wildman–Crippen LogP) is 25.1. The topological polar surface area (TPSA) is 118 Å². The fourth-order valence-electron chi connectivity index (χ4n) is 10.4.